The molecule has 118 valence electrons. The van der Waals surface area contributed by atoms with Crippen LogP contribution >= 0.6 is 11.3 Å². The first-order chi connectivity index (χ1) is 10.6. The molecule has 2 aliphatic rings. The summed E-state index contributed by atoms with van der Waals surface area (Å²) in [6, 6.07) is 8.12. The average molecular weight is 337 g/mol. The first-order valence-corrected chi connectivity index (χ1v) is 10.1. The van der Waals surface area contributed by atoms with Gasteiger partial charge in [-0.3, -0.25) is 0 Å². The van der Waals surface area contributed by atoms with E-state index in [1.54, 1.807) is 11.3 Å². The Bertz CT molecular complexity index is 750. The quantitative estimate of drug-likeness (QED) is 0.930. The molecule has 2 heterocycles. The van der Waals surface area contributed by atoms with Crippen LogP contribution in [0.25, 0.3) is 10.2 Å². The predicted octanol–water partition coefficient (Wildman–Crippen LogP) is 2.35. The maximum Gasteiger partial charge on any atom is 0.214 e. The maximum atomic E-state index is 12.1. The number of aromatic nitrogens is 1. The largest absolute Gasteiger partial charge is 0.346 e. The van der Waals surface area contributed by atoms with Crippen LogP contribution in [0.3, 0.4) is 0 Å². The van der Waals surface area contributed by atoms with Crippen molar-refractivity contribution in [1.29, 1.82) is 0 Å². The van der Waals surface area contributed by atoms with Gasteiger partial charge in [0.25, 0.3) is 0 Å². The second-order valence-electron chi connectivity index (χ2n) is 6.11. The number of benzene rings is 1. The molecule has 0 bridgehead atoms. The number of fused-ring (bicyclic) bond motifs is 1. The van der Waals surface area contributed by atoms with Crippen LogP contribution in [0, 0.1) is 0 Å². The molecule has 0 radical (unpaired) electrons. The lowest BCUT2D eigenvalue weighted by atomic mass is 10.1. The van der Waals surface area contributed by atoms with Gasteiger partial charge in [-0.15, -0.1) is 0 Å². The molecule has 0 spiro atoms. The van der Waals surface area contributed by atoms with Crippen LogP contribution in [0.1, 0.15) is 25.7 Å². The molecular formula is C15H19N3O2S2. The normalized spacial score (nSPS) is 23.1. The van der Waals surface area contributed by atoms with Gasteiger partial charge in [0.15, 0.2) is 5.13 Å². The molecule has 1 saturated heterocycles. The number of anilines is 1. The molecule has 1 atom stereocenters. The van der Waals surface area contributed by atoms with Crippen LogP contribution in [-0.2, 0) is 10.0 Å². The van der Waals surface area contributed by atoms with Gasteiger partial charge in [0, 0.05) is 19.1 Å². The highest BCUT2D eigenvalue weighted by atomic mass is 32.2. The number of sulfonamides is 1. The van der Waals surface area contributed by atoms with Crippen molar-refractivity contribution in [2.24, 2.45) is 0 Å². The Labute approximate surface area is 134 Å². The van der Waals surface area contributed by atoms with E-state index in [0.29, 0.717) is 6.54 Å². The molecule has 4 rings (SSSR count). The smallest absolute Gasteiger partial charge is 0.214 e. The molecular weight excluding hydrogens is 318 g/mol. The van der Waals surface area contributed by atoms with Crippen LogP contribution in [0.15, 0.2) is 24.3 Å². The highest BCUT2D eigenvalue weighted by molar-refractivity contribution is 7.90. The first-order valence-electron chi connectivity index (χ1n) is 7.73. The minimum atomic E-state index is -3.11. The fourth-order valence-electron chi connectivity index (χ4n) is 2.95. The van der Waals surface area contributed by atoms with Gasteiger partial charge in [0.05, 0.1) is 15.5 Å². The number of thiazole rings is 1. The van der Waals surface area contributed by atoms with E-state index in [2.05, 4.69) is 20.7 Å². The van der Waals surface area contributed by atoms with Crippen molar-refractivity contribution in [2.75, 3.05) is 18.0 Å². The number of hydrogen-bond acceptors (Lipinski definition) is 5. The van der Waals surface area contributed by atoms with Gasteiger partial charge in [-0.1, -0.05) is 23.5 Å². The summed E-state index contributed by atoms with van der Waals surface area (Å²) in [6.45, 7) is 1.66. The summed E-state index contributed by atoms with van der Waals surface area (Å²) >= 11 is 1.68. The second-order valence-corrected chi connectivity index (χ2v) is 9.11. The predicted molar refractivity (Wildman–Crippen MR) is 89.9 cm³/mol. The van der Waals surface area contributed by atoms with E-state index in [1.807, 2.05) is 18.2 Å². The summed E-state index contributed by atoms with van der Waals surface area (Å²) in [5.74, 6) is 0. The van der Waals surface area contributed by atoms with E-state index in [1.165, 1.54) is 4.70 Å². The van der Waals surface area contributed by atoms with Gasteiger partial charge >= 0.3 is 0 Å². The number of nitrogens with zero attached hydrogens (tertiary/aromatic N) is 2. The fraction of sp³-hybridized carbons (Fsp3) is 0.533. The molecule has 1 unspecified atom stereocenters. The minimum Gasteiger partial charge on any atom is -0.346 e. The lowest BCUT2D eigenvalue weighted by Crippen LogP contribution is -2.48. The molecule has 1 N–H and O–H groups in total. The van der Waals surface area contributed by atoms with Crippen LogP contribution in [0.2, 0.25) is 0 Å². The Morgan fingerprint density at radius 2 is 2.05 bits per heavy atom. The Morgan fingerprint density at radius 1 is 1.23 bits per heavy atom. The third-order valence-corrected chi connectivity index (χ3v) is 7.38. The Morgan fingerprint density at radius 3 is 2.82 bits per heavy atom. The van der Waals surface area contributed by atoms with Crippen molar-refractivity contribution in [2.45, 2.75) is 37.0 Å². The molecule has 1 saturated carbocycles. The number of piperidine rings is 1. The monoisotopic (exact) mass is 337 g/mol. The molecule has 1 aliphatic heterocycles. The number of para-hydroxylation sites is 1. The zero-order chi connectivity index (χ0) is 15.2. The summed E-state index contributed by atoms with van der Waals surface area (Å²) in [6.07, 6.45) is 3.52. The third-order valence-electron chi connectivity index (χ3n) is 4.27. The first kappa shape index (κ1) is 14.4. The van der Waals surface area contributed by atoms with Gasteiger partial charge in [0.1, 0.15) is 0 Å². The zero-order valence-corrected chi connectivity index (χ0v) is 13.9. The average Bonchev–Trinajstić information content (AvgIpc) is 3.27. The zero-order valence-electron chi connectivity index (χ0n) is 12.2. The van der Waals surface area contributed by atoms with Crippen molar-refractivity contribution in [3.8, 4) is 0 Å². The van der Waals surface area contributed by atoms with E-state index < -0.39 is 10.0 Å². The lowest BCUT2D eigenvalue weighted by molar-refractivity contribution is 0.465. The second kappa shape index (κ2) is 5.47. The molecule has 2 aromatic rings. The van der Waals surface area contributed by atoms with E-state index >= 15 is 0 Å². The van der Waals surface area contributed by atoms with Gasteiger partial charge < -0.3 is 4.90 Å². The van der Waals surface area contributed by atoms with Crippen molar-refractivity contribution in [3.63, 3.8) is 0 Å². The fourth-order valence-corrected chi connectivity index (χ4v) is 5.56. The van der Waals surface area contributed by atoms with E-state index in [0.717, 1.165) is 42.9 Å². The Kier molecular flexibility index (Phi) is 3.58. The summed E-state index contributed by atoms with van der Waals surface area (Å²) in [5.41, 5.74) is 1.02. The SMILES string of the molecule is O=S(=O)(NC1CCCN(c2nc3ccccc3s2)C1)C1CC1. The Hall–Kier alpha value is -1.18. The number of nitrogens with one attached hydrogen (secondary N) is 1. The lowest BCUT2D eigenvalue weighted by Gasteiger charge is -2.32. The van der Waals surface area contributed by atoms with Gasteiger partial charge in [0.2, 0.25) is 10.0 Å². The van der Waals surface area contributed by atoms with E-state index in [-0.39, 0.29) is 11.3 Å². The molecule has 1 aromatic heterocycles. The summed E-state index contributed by atoms with van der Waals surface area (Å²) in [7, 11) is -3.11. The number of hydrogen-bond donors (Lipinski definition) is 1. The highest BCUT2D eigenvalue weighted by Gasteiger charge is 2.37. The molecule has 2 fully saturated rings. The van der Waals surface area contributed by atoms with Gasteiger partial charge in [-0.05, 0) is 37.8 Å². The van der Waals surface area contributed by atoms with Crippen molar-refractivity contribution >= 4 is 36.7 Å². The highest BCUT2D eigenvalue weighted by Crippen LogP contribution is 2.31. The van der Waals surface area contributed by atoms with Crippen LogP contribution in [-0.4, -0.2) is 37.8 Å². The van der Waals surface area contributed by atoms with E-state index in [4.69, 9.17) is 0 Å². The summed E-state index contributed by atoms with van der Waals surface area (Å²) in [4.78, 5) is 6.90. The van der Waals surface area contributed by atoms with Crippen molar-refractivity contribution in [3.05, 3.63) is 24.3 Å². The van der Waals surface area contributed by atoms with Gasteiger partial charge in [-0.25, -0.2) is 18.1 Å². The maximum absolute atomic E-state index is 12.1. The molecule has 1 aliphatic carbocycles. The molecule has 22 heavy (non-hydrogen) atoms. The van der Waals surface area contributed by atoms with Crippen molar-refractivity contribution < 1.29 is 8.42 Å². The molecule has 1 aromatic carbocycles. The molecule has 0 amide bonds. The standard InChI is InChI=1S/C15H19N3O2S2/c19-22(20,12-7-8-12)17-11-4-3-9-18(10-11)15-16-13-5-1-2-6-14(13)21-15/h1-2,5-6,11-12,17H,3-4,7-10H2. The molecule has 5 nitrogen and oxygen atoms in total. The third kappa shape index (κ3) is 2.85. The van der Waals surface area contributed by atoms with Crippen LogP contribution in [0.4, 0.5) is 5.13 Å². The number of rotatable bonds is 4. The summed E-state index contributed by atoms with van der Waals surface area (Å²) in [5, 5.41) is 0.849. The van der Waals surface area contributed by atoms with E-state index in [9.17, 15) is 8.42 Å². The Balaban J connectivity index is 1.50. The molecule has 7 heteroatoms. The topological polar surface area (TPSA) is 62.3 Å². The van der Waals surface area contributed by atoms with Gasteiger partial charge in [-0.2, -0.15) is 0 Å². The minimum absolute atomic E-state index is 0.00589. The van der Waals surface area contributed by atoms with Crippen LogP contribution in [0.5, 0.6) is 0 Å². The van der Waals surface area contributed by atoms with Crippen LogP contribution < -0.4 is 9.62 Å². The van der Waals surface area contributed by atoms with Crippen molar-refractivity contribution in [1.82, 2.24) is 9.71 Å². The summed E-state index contributed by atoms with van der Waals surface area (Å²) < 4.78 is 28.3.